The Labute approximate surface area is 128 Å². The number of nitrogens with one attached hydrogen (secondary N) is 1. The normalized spacial score (nSPS) is 10.8. The lowest BCUT2D eigenvalue weighted by atomic mass is 10.1. The second-order valence-electron chi connectivity index (χ2n) is 5.04. The zero-order chi connectivity index (χ0) is 15.4. The highest BCUT2D eigenvalue weighted by Crippen LogP contribution is 2.13. The van der Waals surface area contributed by atoms with Gasteiger partial charge in [-0.15, -0.1) is 0 Å². The third-order valence-electron chi connectivity index (χ3n) is 3.54. The molecular weight excluding hydrogens is 278 g/mol. The van der Waals surface area contributed by atoms with E-state index in [4.69, 9.17) is 0 Å². The van der Waals surface area contributed by atoms with Gasteiger partial charge in [0.1, 0.15) is 5.82 Å². The zero-order valence-corrected chi connectivity index (χ0v) is 12.4. The predicted molar refractivity (Wildman–Crippen MR) is 83.5 cm³/mol. The van der Waals surface area contributed by atoms with Crippen molar-refractivity contribution in [2.24, 2.45) is 0 Å². The number of nitrogens with zero attached hydrogens (tertiary/aromatic N) is 4. The van der Waals surface area contributed by atoms with Crippen LogP contribution < -0.4 is 5.32 Å². The number of hydrogen-bond donors (Lipinski definition) is 1. The Morgan fingerprint density at radius 1 is 1.27 bits per heavy atom. The molecule has 6 nitrogen and oxygen atoms in total. The molecule has 3 aromatic rings. The molecule has 0 bridgehead atoms. The number of rotatable bonds is 5. The number of aryl methyl sites for hydroxylation is 2. The van der Waals surface area contributed by atoms with Gasteiger partial charge < -0.3 is 9.88 Å². The number of carbonyl (C=O) groups is 1. The Balaban J connectivity index is 1.61. The first-order valence-electron chi connectivity index (χ1n) is 7.20. The molecule has 0 aliphatic carbocycles. The highest BCUT2D eigenvalue weighted by molar-refractivity contribution is 6.04. The minimum atomic E-state index is -0.140. The Morgan fingerprint density at radius 2 is 2.18 bits per heavy atom. The fraction of sp³-hybridized carbons (Fsp3) is 0.250. The van der Waals surface area contributed by atoms with Crippen LogP contribution in [0.25, 0.3) is 10.9 Å². The quantitative estimate of drug-likeness (QED) is 0.730. The third-order valence-corrected chi connectivity index (χ3v) is 3.54. The van der Waals surface area contributed by atoms with Crippen molar-refractivity contribution in [3.63, 3.8) is 0 Å². The lowest BCUT2D eigenvalue weighted by Gasteiger charge is -2.08. The second kappa shape index (κ2) is 6.34. The van der Waals surface area contributed by atoms with E-state index in [0.717, 1.165) is 24.2 Å². The predicted octanol–water partition coefficient (Wildman–Crippen LogP) is 1.95. The Morgan fingerprint density at radius 3 is 3.00 bits per heavy atom. The molecule has 22 heavy (non-hydrogen) atoms. The van der Waals surface area contributed by atoms with Crippen LogP contribution in [-0.4, -0.2) is 32.0 Å². The first-order valence-corrected chi connectivity index (χ1v) is 7.20. The lowest BCUT2D eigenvalue weighted by molar-refractivity contribution is 0.0954. The van der Waals surface area contributed by atoms with Crippen molar-refractivity contribution in [3.8, 4) is 0 Å². The van der Waals surface area contributed by atoms with Crippen LogP contribution in [0, 0.1) is 6.92 Å². The molecule has 0 radical (unpaired) electrons. The van der Waals surface area contributed by atoms with Gasteiger partial charge in [0, 0.05) is 49.5 Å². The van der Waals surface area contributed by atoms with E-state index >= 15 is 0 Å². The summed E-state index contributed by atoms with van der Waals surface area (Å²) in [6.07, 6.45) is 9.51. The van der Waals surface area contributed by atoms with Crippen molar-refractivity contribution in [2.45, 2.75) is 19.9 Å². The number of amides is 1. The SMILES string of the molecule is Cc1nccn1CCCNC(=O)c1cncc2cccnc12. The van der Waals surface area contributed by atoms with Gasteiger partial charge in [-0.2, -0.15) is 0 Å². The van der Waals surface area contributed by atoms with E-state index in [9.17, 15) is 4.79 Å². The fourth-order valence-corrected chi connectivity index (χ4v) is 2.35. The molecule has 0 aliphatic heterocycles. The summed E-state index contributed by atoms with van der Waals surface area (Å²) in [6, 6.07) is 3.73. The van der Waals surface area contributed by atoms with Crippen LogP contribution in [0.2, 0.25) is 0 Å². The summed E-state index contributed by atoms with van der Waals surface area (Å²) in [6.45, 7) is 3.39. The van der Waals surface area contributed by atoms with Crippen molar-refractivity contribution < 1.29 is 4.79 Å². The van der Waals surface area contributed by atoms with E-state index in [2.05, 4.69) is 24.8 Å². The number of carbonyl (C=O) groups excluding carboxylic acids is 1. The standard InChI is InChI=1S/C16H17N5O/c1-12-18-7-9-21(12)8-3-6-20-16(22)14-11-17-10-13-4-2-5-19-15(13)14/h2,4-5,7,9-11H,3,6,8H2,1H3,(H,20,22). The van der Waals surface area contributed by atoms with E-state index in [1.54, 1.807) is 24.8 Å². The van der Waals surface area contributed by atoms with Gasteiger partial charge in [-0.3, -0.25) is 14.8 Å². The van der Waals surface area contributed by atoms with Crippen LogP contribution in [0.3, 0.4) is 0 Å². The maximum absolute atomic E-state index is 12.3. The van der Waals surface area contributed by atoms with Gasteiger partial charge in [-0.1, -0.05) is 0 Å². The summed E-state index contributed by atoms with van der Waals surface area (Å²) < 4.78 is 2.06. The highest BCUT2D eigenvalue weighted by atomic mass is 16.1. The van der Waals surface area contributed by atoms with Crippen LogP contribution >= 0.6 is 0 Å². The van der Waals surface area contributed by atoms with Crippen LogP contribution in [0.1, 0.15) is 22.6 Å². The average molecular weight is 295 g/mol. The van der Waals surface area contributed by atoms with Crippen LogP contribution in [0.15, 0.2) is 43.1 Å². The molecule has 3 rings (SSSR count). The topological polar surface area (TPSA) is 72.7 Å². The van der Waals surface area contributed by atoms with Crippen LogP contribution in [0.4, 0.5) is 0 Å². The molecule has 6 heteroatoms. The lowest BCUT2D eigenvalue weighted by Crippen LogP contribution is -2.25. The monoisotopic (exact) mass is 295 g/mol. The highest BCUT2D eigenvalue weighted by Gasteiger charge is 2.10. The fourth-order valence-electron chi connectivity index (χ4n) is 2.35. The van der Waals surface area contributed by atoms with E-state index in [1.807, 2.05) is 25.3 Å². The smallest absolute Gasteiger partial charge is 0.255 e. The van der Waals surface area contributed by atoms with Gasteiger partial charge in [0.2, 0.25) is 0 Å². The van der Waals surface area contributed by atoms with Gasteiger partial charge in [0.15, 0.2) is 0 Å². The molecule has 1 amide bonds. The van der Waals surface area contributed by atoms with Gasteiger partial charge in [-0.05, 0) is 25.5 Å². The summed E-state index contributed by atoms with van der Waals surface area (Å²) >= 11 is 0. The summed E-state index contributed by atoms with van der Waals surface area (Å²) in [5.74, 6) is 0.841. The summed E-state index contributed by atoms with van der Waals surface area (Å²) in [4.78, 5) is 24.8. The molecule has 3 heterocycles. The average Bonchev–Trinajstić information content (AvgIpc) is 2.96. The number of imidazole rings is 1. The van der Waals surface area contributed by atoms with Crippen molar-refractivity contribution in [3.05, 3.63) is 54.5 Å². The Bertz CT molecular complexity index is 791. The Hall–Kier alpha value is -2.76. The molecule has 0 aromatic carbocycles. The molecular formula is C16H17N5O. The molecule has 0 spiro atoms. The van der Waals surface area contributed by atoms with Gasteiger partial charge in [-0.25, -0.2) is 4.98 Å². The van der Waals surface area contributed by atoms with E-state index < -0.39 is 0 Å². The molecule has 0 aliphatic rings. The zero-order valence-electron chi connectivity index (χ0n) is 12.4. The van der Waals surface area contributed by atoms with Crippen LogP contribution in [-0.2, 0) is 6.54 Å². The van der Waals surface area contributed by atoms with E-state index in [0.29, 0.717) is 17.6 Å². The van der Waals surface area contributed by atoms with Gasteiger partial charge >= 0.3 is 0 Å². The van der Waals surface area contributed by atoms with E-state index in [1.165, 1.54) is 0 Å². The molecule has 0 unspecified atom stereocenters. The van der Waals surface area contributed by atoms with Gasteiger partial charge in [0.05, 0.1) is 11.1 Å². The molecule has 112 valence electrons. The van der Waals surface area contributed by atoms with Crippen LogP contribution in [0.5, 0.6) is 0 Å². The Kier molecular flexibility index (Phi) is 4.09. The maximum atomic E-state index is 12.3. The third kappa shape index (κ3) is 2.95. The summed E-state index contributed by atoms with van der Waals surface area (Å²) in [5, 5.41) is 3.79. The second-order valence-corrected chi connectivity index (χ2v) is 5.04. The largest absolute Gasteiger partial charge is 0.352 e. The van der Waals surface area contributed by atoms with E-state index in [-0.39, 0.29) is 5.91 Å². The van der Waals surface area contributed by atoms with Gasteiger partial charge in [0.25, 0.3) is 5.91 Å². The number of aromatic nitrogens is 4. The molecule has 0 saturated carbocycles. The summed E-state index contributed by atoms with van der Waals surface area (Å²) in [5.41, 5.74) is 1.19. The minimum Gasteiger partial charge on any atom is -0.352 e. The first-order chi connectivity index (χ1) is 10.8. The summed E-state index contributed by atoms with van der Waals surface area (Å²) in [7, 11) is 0. The van der Waals surface area contributed by atoms with Crippen molar-refractivity contribution >= 4 is 16.8 Å². The van der Waals surface area contributed by atoms with Crippen molar-refractivity contribution in [1.29, 1.82) is 0 Å². The maximum Gasteiger partial charge on any atom is 0.255 e. The van der Waals surface area contributed by atoms with Crippen molar-refractivity contribution in [2.75, 3.05) is 6.54 Å². The molecule has 0 saturated heterocycles. The minimum absolute atomic E-state index is 0.140. The molecule has 3 aromatic heterocycles. The molecule has 0 atom stereocenters. The van der Waals surface area contributed by atoms with Crippen molar-refractivity contribution in [1.82, 2.24) is 24.8 Å². The number of hydrogen-bond acceptors (Lipinski definition) is 4. The molecule has 1 N–H and O–H groups in total. The number of fused-ring (bicyclic) bond motifs is 1. The number of pyridine rings is 2. The molecule has 0 fully saturated rings. The first kappa shape index (κ1) is 14.2.